The molecular formula is C17H21F3N2. The smallest absolute Gasteiger partial charge is 0.261 e. The standard InChI is InChI=1S/C9H10F3N.C8H11N/c1-6(2)7-4-3-5-8(13-7)9(10,11)12;1-7(2)8-5-3-4-6-9-8/h3-6H,1-2H3;3-7H,1-2H3. The summed E-state index contributed by atoms with van der Waals surface area (Å²) in [5, 5.41) is 0. The average molecular weight is 310 g/mol. The third-order valence-corrected chi connectivity index (χ3v) is 2.93. The van der Waals surface area contributed by atoms with Crippen molar-refractivity contribution in [1.29, 1.82) is 0 Å². The molecule has 0 fully saturated rings. The van der Waals surface area contributed by atoms with E-state index in [1.165, 1.54) is 6.07 Å². The van der Waals surface area contributed by atoms with Crippen LogP contribution in [-0.2, 0) is 6.18 Å². The van der Waals surface area contributed by atoms with Crippen LogP contribution in [0.1, 0.15) is 56.6 Å². The van der Waals surface area contributed by atoms with Gasteiger partial charge in [0.2, 0.25) is 0 Å². The monoisotopic (exact) mass is 310 g/mol. The van der Waals surface area contributed by atoms with E-state index in [0.717, 1.165) is 11.8 Å². The summed E-state index contributed by atoms with van der Waals surface area (Å²) in [7, 11) is 0. The van der Waals surface area contributed by atoms with Gasteiger partial charge in [-0.2, -0.15) is 13.2 Å². The fourth-order valence-electron chi connectivity index (χ4n) is 1.65. The number of hydrogen-bond acceptors (Lipinski definition) is 2. The topological polar surface area (TPSA) is 25.8 Å². The van der Waals surface area contributed by atoms with Gasteiger partial charge in [0.05, 0.1) is 0 Å². The summed E-state index contributed by atoms with van der Waals surface area (Å²) < 4.78 is 36.5. The van der Waals surface area contributed by atoms with Gasteiger partial charge in [0.15, 0.2) is 0 Å². The van der Waals surface area contributed by atoms with Crippen molar-refractivity contribution >= 4 is 0 Å². The first kappa shape index (κ1) is 18.1. The van der Waals surface area contributed by atoms with Crippen LogP contribution in [0.2, 0.25) is 0 Å². The van der Waals surface area contributed by atoms with Crippen LogP contribution in [0.5, 0.6) is 0 Å². The average Bonchev–Trinajstić information content (AvgIpc) is 2.48. The molecule has 2 aromatic rings. The lowest BCUT2D eigenvalue weighted by molar-refractivity contribution is -0.141. The lowest BCUT2D eigenvalue weighted by atomic mass is 10.1. The molecule has 22 heavy (non-hydrogen) atoms. The molecule has 0 atom stereocenters. The van der Waals surface area contributed by atoms with Gasteiger partial charge < -0.3 is 0 Å². The Morgan fingerprint density at radius 2 is 1.41 bits per heavy atom. The van der Waals surface area contributed by atoms with Crippen LogP contribution < -0.4 is 0 Å². The highest BCUT2D eigenvalue weighted by atomic mass is 19.4. The first-order valence-corrected chi connectivity index (χ1v) is 7.17. The summed E-state index contributed by atoms with van der Waals surface area (Å²) in [4.78, 5) is 7.70. The van der Waals surface area contributed by atoms with E-state index in [9.17, 15) is 13.2 Å². The normalized spacial score (nSPS) is 11.3. The van der Waals surface area contributed by atoms with Gasteiger partial charge in [0.1, 0.15) is 5.69 Å². The van der Waals surface area contributed by atoms with Crippen LogP contribution in [0.3, 0.4) is 0 Å². The van der Waals surface area contributed by atoms with Gasteiger partial charge in [-0.25, -0.2) is 4.98 Å². The van der Waals surface area contributed by atoms with Crippen LogP contribution in [0.4, 0.5) is 13.2 Å². The van der Waals surface area contributed by atoms with E-state index in [2.05, 4.69) is 23.8 Å². The molecule has 120 valence electrons. The van der Waals surface area contributed by atoms with Gasteiger partial charge in [-0.15, -0.1) is 0 Å². The Morgan fingerprint density at radius 3 is 1.82 bits per heavy atom. The second-order valence-electron chi connectivity index (χ2n) is 5.51. The molecule has 2 rings (SSSR count). The Labute approximate surface area is 129 Å². The summed E-state index contributed by atoms with van der Waals surface area (Å²) in [5.74, 6) is 0.563. The van der Waals surface area contributed by atoms with Crippen molar-refractivity contribution in [2.24, 2.45) is 0 Å². The summed E-state index contributed by atoms with van der Waals surface area (Å²) in [6, 6.07) is 9.95. The minimum absolute atomic E-state index is 0.0160. The van der Waals surface area contributed by atoms with Gasteiger partial charge in [0.25, 0.3) is 0 Å². The molecule has 0 amide bonds. The van der Waals surface area contributed by atoms with Gasteiger partial charge >= 0.3 is 6.18 Å². The molecule has 0 radical (unpaired) electrons. The van der Waals surface area contributed by atoms with Crippen molar-refractivity contribution in [2.75, 3.05) is 0 Å². The predicted molar refractivity (Wildman–Crippen MR) is 81.7 cm³/mol. The molecule has 2 heterocycles. The highest BCUT2D eigenvalue weighted by Gasteiger charge is 2.32. The Morgan fingerprint density at radius 1 is 0.818 bits per heavy atom. The van der Waals surface area contributed by atoms with Gasteiger partial charge in [-0.3, -0.25) is 4.98 Å². The van der Waals surface area contributed by atoms with E-state index in [1.807, 2.05) is 38.2 Å². The Bertz CT molecular complexity index is 564. The quantitative estimate of drug-likeness (QED) is 0.739. The van der Waals surface area contributed by atoms with E-state index in [-0.39, 0.29) is 5.92 Å². The maximum absolute atomic E-state index is 12.2. The molecule has 5 heteroatoms. The molecule has 0 bridgehead atoms. The Kier molecular flexibility index (Phi) is 6.53. The molecule has 0 N–H and O–H groups in total. The molecular weight excluding hydrogens is 289 g/mol. The van der Waals surface area contributed by atoms with Crippen molar-refractivity contribution < 1.29 is 13.2 Å². The molecule has 2 nitrogen and oxygen atoms in total. The maximum Gasteiger partial charge on any atom is 0.433 e. The minimum Gasteiger partial charge on any atom is -0.261 e. The van der Waals surface area contributed by atoms with E-state index in [1.54, 1.807) is 6.07 Å². The summed E-state index contributed by atoms with van der Waals surface area (Å²) in [5.41, 5.74) is 0.811. The van der Waals surface area contributed by atoms with Crippen LogP contribution >= 0.6 is 0 Å². The first-order valence-electron chi connectivity index (χ1n) is 7.17. The van der Waals surface area contributed by atoms with E-state index in [4.69, 9.17) is 0 Å². The highest BCUT2D eigenvalue weighted by molar-refractivity contribution is 5.15. The molecule has 0 aromatic carbocycles. The fourth-order valence-corrected chi connectivity index (χ4v) is 1.65. The van der Waals surface area contributed by atoms with Crippen LogP contribution in [0.15, 0.2) is 42.6 Å². The van der Waals surface area contributed by atoms with Crippen molar-refractivity contribution in [3.63, 3.8) is 0 Å². The summed E-state index contributed by atoms with van der Waals surface area (Å²) in [6.45, 7) is 7.90. The minimum atomic E-state index is -4.34. The molecule has 0 aliphatic carbocycles. The SMILES string of the molecule is CC(C)c1cccc(C(F)(F)F)n1.CC(C)c1ccccn1. The zero-order chi connectivity index (χ0) is 16.8. The summed E-state index contributed by atoms with van der Waals surface area (Å²) >= 11 is 0. The molecule has 0 saturated heterocycles. The van der Waals surface area contributed by atoms with Crippen LogP contribution in [0, 0.1) is 0 Å². The van der Waals surface area contributed by atoms with Crippen molar-refractivity contribution in [2.45, 2.75) is 45.7 Å². The second-order valence-corrected chi connectivity index (χ2v) is 5.51. The number of pyridine rings is 2. The fraction of sp³-hybridized carbons (Fsp3) is 0.412. The van der Waals surface area contributed by atoms with E-state index >= 15 is 0 Å². The predicted octanol–water partition coefficient (Wildman–Crippen LogP) is 5.43. The zero-order valence-electron chi connectivity index (χ0n) is 13.2. The lowest BCUT2D eigenvalue weighted by Gasteiger charge is -2.09. The summed E-state index contributed by atoms with van der Waals surface area (Å²) in [6.07, 6.45) is -2.51. The van der Waals surface area contributed by atoms with Gasteiger partial charge in [-0.1, -0.05) is 39.8 Å². The zero-order valence-corrected chi connectivity index (χ0v) is 13.2. The van der Waals surface area contributed by atoms with Gasteiger partial charge in [0, 0.05) is 17.6 Å². The third kappa shape index (κ3) is 5.84. The van der Waals surface area contributed by atoms with Crippen LogP contribution in [0.25, 0.3) is 0 Å². The van der Waals surface area contributed by atoms with Crippen molar-refractivity contribution in [3.8, 4) is 0 Å². The van der Waals surface area contributed by atoms with Crippen LogP contribution in [-0.4, -0.2) is 9.97 Å². The Balaban J connectivity index is 0.000000235. The molecule has 0 spiro atoms. The number of rotatable bonds is 2. The van der Waals surface area contributed by atoms with E-state index in [0.29, 0.717) is 11.6 Å². The number of alkyl halides is 3. The number of halogens is 3. The lowest BCUT2D eigenvalue weighted by Crippen LogP contribution is -2.09. The third-order valence-electron chi connectivity index (χ3n) is 2.93. The molecule has 0 saturated carbocycles. The largest absolute Gasteiger partial charge is 0.433 e. The first-order chi connectivity index (χ1) is 10.2. The number of hydrogen-bond donors (Lipinski definition) is 0. The number of aromatic nitrogens is 2. The molecule has 0 unspecified atom stereocenters. The Hall–Kier alpha value is -1.91. The van der Waals surface area contributed by atoms with Crippen molar-refractivity contribution in [3.05, 3.63) is 59.7 Å². The maximum atomic E-state index is 12.2. The van der Waals surface area contributed by atoms with Crippen molar-refractivity contribution in [1.82, 2.24) is 9.97 Å². The number of nitrogens with zero attached hydrogens (tertiary/aromatic N) is 2. The highest BCUT2D eigenvalue weighted by Crippen LogP contribution is 2.28. The second kappa shape index (κ2) is 7.92. The molecule has 2 aromatic heterocycles. The molecule has 0 aliphatic rings. The van der Waals surface area contributed by atoms with Gasteiger partial charge in [-0.05, 0) is 36.1 Å². The molecule has 0 aliphatic heterocycles. The van der Waals surface area contributed by atoms with E-state index < -0.39 is 11.9 Å².